The first-order valence-electron chi connectivity index (χ1n) is 10.2. The van der Waals surface area contributed by atoms with Crippen LogP contribution in [0.3, 0.4) is 0 Å². The van der Waals surface area contributed by atoms with E-state index in [9.17, 15) is 9.59 Å². The third kappa shape index (κ3) is 4.13. The molecule has 1 aromatic heterocycles. The number of nitrogens with zero attached hydrogens (tertiary/aromatic N) is 3. The van der Waals surface area contributed by atoms with E-state index in [1.54, 1.807) is 18.2 Å². The standard InChI is InChI=1S/C22H22ClN3O5/c23-16-2-4-18-17(12-16)26(22(28)31-18)6-5-21(27)25-9-7-24(8-10-25)13-15-1-3-19-20(11-15)30-14-29-19/h1-4,11-12H,5-10,13-14H2. The molecule has 2 aliphatic rings. The van der Waals surface area contributed by atoms with E-state index >= 15 is 0 Å². The number of benzene rings is 2. The topological polar surface area (TPSA) is 77.2 Å². The van der Waals surface area contributed by atoms with E-state index in [1.807, 2.05) is 23.1 Å². The zero-order chi connectivity index (χ0) is 21.4. The molecule has 0 bridgehead atoms. The Balaban J connectivity index is 1.15. The number of fused-ring (bicyclic) bond motifs is 2. The van der Waals surface area contributed by atoms with E-state index in [4.69, 9.17) is 25.5 Å². The molecular weight excluding hydrogens is 422 g/mol. The predicted molar refractivity (Wildman–Crippen MR) is 115 cm³/mol. The highest BCUT2D eigenvalue weighted by Crippen LogP contribution is 2.32. The van der Waals surface area contributed by atoms with Crippen LogP contribution in [-0.2, 0) is 17.9 Å². The Labute approximate surface area is 183 Å². The second-order valence-corrected chi connectivity index (χ2v) is 8.16. The zero-order valence-electron chi connectivity index (χ0n) is 16.9. The molecule has 3 heterocycles. The van der Waals surface area contributed by atoms with Gasteiger partial charge in [0.2, 0.25) is 12.7 Å². The van der Waals surface area contributed by atoms with Crippen LogP contribution in [0.15, 0.2) is 45.6 Å². The molecule has 5 rings (SSSR count). The maximum Gasteiger partial charge on any atom is 0.419 e. The van der Waals surface area contributed by atoms with Crippen molar-refractivity contribution in [2.45, 2.75) is 19.5 Å². The molecule has 1 amide bonds. The lowest BCUT2D eigenvalue weighted by molar-refractivity contribution is -0.133. The number of halogens is 1. The van der Waals surface area contributed by atoms with E-state index in [2.05, 4.69) is 4.90 Å². The summed E-state index contributed by atoms with van der Waals surface area (Å²) < 4.78 is 17.5. The summed E-state index contributed by atoms with van der Waals surface area (Å²) in [5.74, 6) is 1.13. The molecule has 0 aliphatic carbocycles. The Hall–Kier alpha value is -2.97. The molecular formula is C22H22ClN3O5. The van der Waals surface area contributed by atoms with E-state index in [0.29, 0.717) is 29.2 Å². The molecule has 9 heteroatoms. The minimum Gasteiger partial charge on any atom is -0.454 e. The maximum absolute atomic E-state index is 12.7. The van der Waals surface area contributed by atoms with Crippen LogP contribution in [0, 0.1) is 0 Å². The summed E-state index contributed by atoms with van der Waals surface area (Å²) in [6, 6.07) is 11.0. The van der Waals surface area contributed by atoms with Gasteiger partial charge in [-0.05, 0) is 35.9 Å². The first-order chi connectivity index (χ1) is 15.1. The molecule has 0 spiro atoms. The molecule has 0 radical (unpaired) electrons. The average molecular weight is 444 g/mol. The minimum atomic E-state index is -0.474. The van der Waals surface area contributed by atoms with Crippen LogP contribution >= 0.6 is 11.6 Å². The van der Waals surface area contributed by atoms with Gasteiger partial charge < -0.3 is 18.8 Å². The number of aromatic nitrogens is 1. The van der Waals surface area contributed by atoms with Gasteiger partial charge in [0.25, 0.3) is 0 Å². The summed E-state index contributed by atoms with van der Waals surface area (Å²) in [5.41, 5.74) is 2.24. The van der Waals surface area contributed by atoms with Gasteiger partial charge in [0.05, 0.1) is 5.52 Å². The largest absolute Gasteiger partial charge is 0.454 e. The minimum absolute atomic E-state index is 0.0333. The first kappa shape index (κ1) is 20.0. The van der Waals surface area contributed by atoms with Crippen molar-refractivity contribution >= 4 is 28.6 Å². The van der Waals surface area contributed by atoms with E-state index in [1.165, 1.54) is 4.57 Å². The number of hydrogen-bond donors (Lipinski definition) is 0. The molecule has 0 atom stereocenters. The van der Waals surface area contributed by atoms with Gasteiger partial charge in [-0.2, -0.15) is 0 Å². The number of rotatable bonds is 5. The molecule has 8 nitrogen and oxygen atoms in total. The summed E-state index contributed by atoms with van der Waals surface area (Å²) in [4.78, 5) is 29.0. The summed E-state index contributed by atoms with van der Waals surface area (Å²) in [6.45, 7) is 4.26. The Kier molecular flexibility index (Phi) is 5.33. The van der Waals surface area contributed by atoms with Gasteiger partial charge in [0, 0.05) is 50.7 Å². The van der Waals surface area contributed by atoms with Crippen LogP contribution in [0.25, 0.3) is 11.1 Å². The van der Waals surface area contributed by atoms with Crippen molar-refractivity contribution in [3.63, 3.8) is 0 Å². The molecule has 3 aromatic rings. The monoisotopic (exact) mass is 443 g/mol. The molecule has 0 N–H and O–H groups in total. The Morgan fingerprint density at radius 1 is 1.00 bits per heavy atom. The summed E-state index contributed by atoms with van der Waals surface area (Å²) in [6.07, 6.45) is 0.239. The second kappa shape index (κ2) is 8.28. The first-order valence-corrected chi connectivity index (χ1v) is 10.6. The van der Waals surface area contributed by atoms with Crippen LogP contribution in [0.2, 0.25) is 5.02 Å². The Bertz CT molecular complexity index is 1180. The van der Waals surface area contributed by atoms with Crippen molar-refractivity contribution in [1.29, 1.82) is 0 Å². The number of aryl methyl sites for hydroxylation is 1. The fourth-order valence-electron chi connectivity index (χ4n) is 4.07. The number of carbonyl (C=O) groups excluding carboxylic acids is 1. The van der Waals surface area contributed by atoms with E-state index in [-0.39, 0.29) is 25.7 Å². The van der Waals surface area contributed by atoms with Gasteiger partial charge in [-0.3, -0.25) is 14.3 Å². The van der Waals surface area contributed by atoms with Gasteiger partial charge in [-0.25, -0.2) is 4.79 Å². The predicted octanol–water partition coefficient (Wildman–Crippen LogP) is 2.71. The molecule has 2 aliphatic heterocycles. The molecule has 162 valence electrons. The summed E-state index contributed by atoms with van der Waals surface area (Å²) in [5, 5.41) is 0.520. The molecule has 0 unspecified atom stereocenters. The quantitative estimate of drug-likeness (QED) is 0.603. The van der Waals surface area contributed by atoms with Crippen molar-refractivity contribution in [1.82, 2.24) is 14.4 Å². The molecule has 31 heavy (non-hydrogen) atoms. The second-order valence-electron chi connectivity index (χ2n) is 7.73. The van der Waals surface area contributed by atoms with Gasteiger partial charge in [-0.1, -0.05) is 17.7 Å². The SMILES string of the molecule is O=C(CCn1c(=O)oc2ccc(Cl)cc21)N1CCN(Cc2ccc3c(c2)OCO3)CC1. The number of ether oxygens (including phenoxy) is 2. The van der Waals surface area contributed by atoms with Gasteiger partial charge >= 0.3 is 5.76 Å². The lowest BCUT2D eigenvalue weighted by Crippen LogP contribution is -2.48. The fraction of sp³-hybridized carbons (Fsp3) is 0.364. The van der Waals surface area contributed by atoms with Crippen LogP contribution in [0.5, 0.6) is 11.5 Å². The van der Waals surface area contributed by atoms with Crippen LogP contribution in [0.1, 0.15) is 12.0 Å². The molecule has 0 saturated carbocycles. The lowest BCUT2D eigenvalue weighted by Gasteiger charge is -2.34. The van der Waals surface area contributed by atoms with Crippen LogP contribution in [-0.4, -0.2) is 53.2 Å². The Morgan fingerprint density at radius 2 is 1.81 bits per heavy atom. The van der Waals surface area contributed by atoms with E-state index in [0.717, 1.165) is 36.7 Å². The molecule has 2 aromatic carbocycles. The number of hydrogen-bond acceptors (Lipinski definition) is 6. The number of carbonyl (C=O) groups is 1. The Morgan fingerprint density at radius 3 is 2.65 bits per heavy atom. The number of piperazine rings is 1. The van der Waals surface area contributed by atoms with Crippen LogP contribution < -0.4 is 15.2 Å². The van der Waals surface area contributed by atoms with Gasteiger partial charge in [-0.15, -0.1) is 0 Å². The van der Waals surface area contributed by atoms with Crippen LogP contribution in [0.4, 0.5) is 0 Å². The normalized spacial score (nSPS) is 16.2. The van der Waals surface area contributed by atoms with Crippen molar-refractivity contribution in [3.05, 3.63) is 57.5 Å². The molecule has 1 saturated heterocycles. The fourth-order valence-corrected chi connectivity index (χ4v) is 4.23. The highest BCUT2D eigenvalue weighted by atomic mass is 35.5. The van der Waals surface area contributed by atoms with Crippen molar-refractivity contribution < 1.29 is 18.7 Å². The number of amides is 1. The zero-order valence-corrected chi connectivity index (χ0v) is 17.6. The number of oxazole rings is 1. The van der Waals surface area contributed by atoms with Gasteiger partial charge in [0.15, 0.2) is 17.1 Å². The third-order valence-electron chi connectivity index (χ3n) is 5.75. The van der Waals surface area contributed by atoms with Crippen molar-refractivity contribution in [2.75, 3.05) is 33.0 Å². The summed E-state index contributed by atoms with van der Waals surface area (Å²) >= 11 is 6.03. The van der Waals surface area contributed by atoms with Crippen molar-refractivity contribution in [2.24, 2.45) is 0 Å². The smallest absolute Gasteiger partial charge is 0.419 e. The third-order valence-corrected chi connectivity index (χ3v) is 5.98. The maximum atomic E-state index is 12.7. The van der Waals surface area contributed by atoms with Crippen molar-refractivity contribution in [3.8, 4) is 11.5 Å². The average Bonchev–Trinajstić information content (AvgIpc) is 3.35. The molecule has 1 fully saturated rings. The van der Waals surface area contributed by atoms with Gasteiger partial charge in [0.1, 0.15) is 0 Å². The van der Waals surface area contributed by atoms with E-state index < -0.39 is 5.76 Å². The highest BCUT2D eigenvalue weighted by Gasteiger charge is 2.22. The summed E-state index contributed by atoms with van der Waals surface area (Å²) in [7, 11) is 0. The highest BCUT2D eigenvalue weighted by molar-refractivity contribution is 6.31. The lowest BCUT2D eigenvalue weighted by atomic mass is 10.1.